The first kappa shape index (κ1) is 9.86. The molecule has 1 aliphatic rings. The molecule has 0 unspecified atom stereocenters. The van der Waals surface area contributed by atoms with Gasteiger partial charge in [0.15, 0.2) is 0 Å². The van der Waals surface area contributed by atoms with Gasteiger partial charge in [-0.3, -0.25) is 0 Å². The maximum absolute atomic E-state index is 11.8. The first-order valence-electron chi connectivity index (χ1n) is 4.37. The third-order valence-corrected chi connectivity index (χ3v) is 2.19. The van der Waals surface area contributed by atoms with Crippen LogP contribution in [0, 0.1) is 5.92 Å². The highest BCUT2D eigenvalue weighted by Crippen LogP contribution is 2.15. The Kier molecular flexibility index (Phi) is 3.88. The average Bonchev–Trinajstić information content (AvgIpc) is 1.93. The van der Waals surface area contributed by atoms with E-state index in [4.69, 9.17) is 0 Å². The molecule has 1 rings (SSSR count). The van der Waals surface area contributed by atoms with Gasteiger partial charge in [0.1, 0.15) is 0 Å². The Bertz CT molecular complexity index is 124. The molecular formula is C8H16F2N2. The van der Waals surface area contributed by atoms with E-state index in [-0.39, 0.29) is 6.42 Å². The largest absolute Gasteiger partial charge is 0.319 e. The monoisotopic (exact) mass is 178 g/mol. The third kappa shape index (κ3) is 3.03. The van der Waals surface area contributed by atoms with Crippen LogP contribution in [-0.2, 0) is 0 Å². The van der Waals surface area contributed by atoms with E-state index in [2.05, 4.69) is 10.2 Å². The van der Waals surface area contributed by atoms with Crippen LogP contribution in [0.15, 0.2) is 0 Å². The van der Waals surface area contributed by atoms with Gasteiger partial charge in [-0.1, -0.05) is 0 Å². The summed E-state index contributed by atoms with van der Waals surface area (Å²) < 4.78 is 23.5. The summed E-state index contributed by atoms with van der Waals surface area (Å²) in [5, 5.41) is 3.08. The van der Waals surface area contributed by atoms with Crippen molar-refractivity contribution in [1.29, 1.82) is 0 Å². The van der Waals surface area contributed by atoms with Crippen molar-refractivity contribution in [3.05, 3.63) is 0 Å². The van der Waals surface area contributed by atoms with Gasteiger partial charge in [0.25, 0.3) is 0 Å². The Labute approximate surface area is 71.9 Å². The Morgan fingerprint density at radius 1 is 1.50 bits per heavy atom. The summed E-state index contributed by atoms with van der Waals surface area (Å²) in [6.45, 7) is 3.52. The summed E-state index contributed by atoms with van der Waals surface area (Å²) in [4.78, 5) is 2.08. The van der Waals surface area contributed by atoms with Crippen molar-refractivity contribution < 1.29 is 8.78 Å². The topological polar surface area (TPSA) is 15.3 Å². The highest BCUT2D eigenvalue weighted by Gasteiger charge is 2.25. The van der Waals surface area contributed by atoms with Crippen molar-refractivity contribution in [1.82, 2.24) is 10.2 Å². The Hall–Kier alpha value is -0.220. The zero-order valence-electron chi connectivity index (χ0n) is 7.39. The summed E-state index contributed by atoms with van der Waals surface area (Å²) >= 11 is 0. The van der Waals surface area contributed by atoms with E-state index in [0.29, 0.717) is 12.5 Å². The molecule has 0 aromatic heterocycles. The van der Waals surface area contributed by atoms with Crippen LogP contribution in [0.25, 0.3) is 0 Å². The first-order valence-corrected chi connectivity index (χ1v) is 4.37. The van der Waals surface area contributed by atoms with E-state index < -0.39 is 6.43 Å². The predicted molar refractivity (Wildman–Crippen MR) is 44.5 cm³/mol. The standard InChI is InChI=1S/C8H16F2N2/c1-11-4-7-5-12(6-7)3-2-8(9)10/h7-8,11H,2-6H2,1H3. The molecule has 2 nitrogen and oxygen atoms in total. The summed E-state index contributed by atoms with van der Waals surface area (Å²) in [6, 6.07) is 0. The van der Waals surface area contributed by atoms with E-state index in [1.165, 1.54) is 0 Å². The molecule has 0 aromatic rings. The second kappa shape index (κ2) is 4.72. The van der Waals surface area contributed by atoms with Gasteiger partial charge in [-0.2, -0.15) is 0 Å². The molecule has 72 valence electrons. The number of nitrogens with one attached hydrogen (secondary N) is 1. The van der Waals surface area contributed by atoms with Crippen LogP contribution in [-0.4, -0.2) is 44.6 Å². The van der Waals surface area contributed by atoms with Crippen LogP contribution in [0.2, 0.25) is 0 Å². The number of likely N-dealkylation sites (tertiary alicyclic amines) is 1. The second-order valence-electron chi connectivity index (χ2n) is 3.36. The third-order valence-electron chi connectivity index (χ3n) is 2.19. The van der Waals surface area contributed by atoms with Crippen molar-refractivity contribution in [2.75, 3.05) is 33.2 Å². The number of rotatable bonds is 5. The van der Waals surface area contributed by atoms with E-state index in [0.717, 1.165) is 19.6 Å². The summed E-state index contributed by atoms with van der Waals surface area (Å²) in [6.07, 6.45) is -2.12. The second-order valence-corrected chi connectivity index (χ2v) is 3.36. The van der Waals surface area contributed by atoms with Gasteiger partial charge in [-0.15, -0.1) is 0 Å². The van der Waals surface area contributed by atoms with Crippen LogP contribution < -0.4 is 5.32 Å². The van der Waals surface area contributed by atoms with E-state index in [9.17, 15) is 8.78 Å². The normalized spacial score (nSPS) is 20.0. The van der Waals surface area contributed by atoms with Gasteiger partial charge < -0.3 is 10.2 Å². The molecule has 0 aromatic carbocycles. The Morgan fingerprint density at radius 3 is 2.67 bits per heavy atom. The van der Waals surface area contributed by atoms with Gasteiger partial charge in [0.05, 0.1) is 0 Å². The smallest absolute Gasteiger partial charge is 0.239 e. The molecule has 0 amide bonds. The number of nitrogens with zero attached hydrogens (tertiary/aromatic N) is 1. The maximum Gasteiger partial charge on any atom is 0.239 e. The van der Waals surface area contributed by atoms with Crippen molar-refractivity contribution in [2.24, 2.45) is 5.92 Å². The molecule has 0 saturated carbocycles. The lowest BCUT2D eigenvalue weighted by Crippen LogP contribution is -2.50. The number of hydrogen-bond acceptors (Lipinski definition) is 2. The summed E-state index contributed by atoms with van der Waals surface area (Å²) in [7, 11) is 1.92. The minimum absolute atomic E-state index is 0.0201. The molecule has 0 aliphatic carbocycles. The van der Waals surface area contributed by atoms with Gasteiger partial charge >= 0.3 is 0 Å². The first-order chi connectivity index (χ1) is 5.72. The fraction of sp³-hybridized carbons (Fsp3) is 1.00. The zero-order valence-corrected chi connectivity index (χ0v) is 7.39. The van der Waals surface area contributed by atoms with Crippen LogP contribution in [0.5, 0.6) is 0 Å². The quantitative estimate of drug-likeness (QED) is 0.669. The molecule has 0 spiro atoms. The Balaban J connectivity index is 1.95. The molecule has 1 heterocycles. The molecule has 1 N–H and O–H groups in total. The van der Waals surface area contributed by atoms with E-state index >= 15 is 0 Å². The van der Waals surface area contributed by atoms with Gasteiger partial charge in [-0.05, 0) is 13.0 Å². The number of halogens is 2. The van der Waals surface area contributed by atoms with Crippen LogP contribution in [0.3, 0.4) is 0 Å². The molecule has 0 radical (unpaired) electrons. The van der Waals surface area contributed by atoms with Crippen LogP contribution in [0.4, 0.5) is 8.78 Å². The van der Waals surface area contributed by atoms with Crippen molar-refractivity contribution >= 4 is 0 Å². The molecular weight excluding hydrogens is 162 g/mol. The zero-order chi connectivity index (χ0) is 8.97. The molecule has 0 atom stereocenters. The summed E-state index contributed by atoms with van der Waals surface area (Å²) in [5.74, 6) is 0.674. The minimum Gasteiger partial charge on any atom is -0.319 e. The molecule has 1 aliphatic heterocycles. The highest BCUT2D eigenvalue weighted by molar-refractivity contribution is 4.80. The fourth-order valence-corrected chi connectivity index (χ4v) is 1.56. The molecule has 12 heavy (non-hydrogen) atoms. The molecule has 1 fully saturated rings. The molecule has 0 bridgehead atoms. The number of hydrogen-bond donors (Lipinski definition) is 1. The van der Waals surface area contributed by atoms with Gasteiger partial charge in [0.2, 0.25) is 6.43 Å². The lowest BCUT2D eigenvalue weighted by molar-refractivity contribution is 0.0631. The number of alkyl halides is 2. The maximum atomic E-state index is 11.8. The minimum atomic E-state index is -2.15. The van der Waals surface area contributed by atoms with Gasteiger partial charge in [0, 0.05) is 32.6 Å². The van der Waals surface area contributed by atoms with E-state index in [1.54, 1.807) is 0 Å². The van der Waals surface area contributed by atoms with Gasteiger partial charge in [-0.25, -0.2) is 8.78 Å². The Morgan fingerprint density at radius 2 is 2.17 bits per heavy atom. The fourth-order valence-electron chi connectivity index (χ4n) is 1.56. The van der Waals surface area contributed by atoms with Crippen LogP contribution >= 0.6 is 0 Å². The van der Waals surface area contributed by atoms with Crippen molar-refractivity contribution in [2.45, 2.75) is 12.8 Å². The SMILES string of the molecule is CNCC1CN(CCC(F)F)C1. The van der Waals surface area contributed by atoms with E-state index in [1.807, 2.05) is 7.05 Å². The molecule has 1 saturated heterocycles. The predicted octanol–water partition coefficient (Wildman–Crippen LogP) is 0.793. The molecule has 4 heteroatoms. The highest BCUT2D eigenvalue weighted by atomic mass is 19.3. The lowest BCUT2D eigenvalue weighted by Gasteiger charge is -2.39. The van der Waals surface area contributed by atoms with Crippen LogP contribution in [0.1, 0.15) is 6.42 Å². The summed E-state index contributed by atoms with van der Waals surface area (Å²) in [5.41, 5.74) is 0. The van der Waals surface area contributed by atoms with Crippen molar-refractivity contribution in [3.8, 4) is 0 Å². The van der Waals surface area contributed by atoms with Crippen molar-refractivity contribution in [3.63, 3.8) is 0 Å². The average molecular weight is 178 g/mol. The lowest BCUT2D eigenvalue weighted by atomic mass is 10.0.